The minimum atomic E-state index is -0.165. The Kier molecular flexibility index (Phi) is 5.21. The number of nitrogens with zero attached hydrogens (tertiary/aromatic N) is 2. The van der Waals surface area contributed by atoms with E-state index in [1.54, 1.807) is 17.0 Å². The van der Waals surface area contributed by atoms with Gasteiger partial charge in [-0.1, -0.05) is 43.3 Å². The van der Waals surface area contributed by atoms with Gasteiger partial charge in [-0.05, 0) is 49.2 Å². The maximum atomic E-state index is 13.1. The lowest BCUT2D eigenvalue weighted by atomic mass is 9.89. The number of benzene rings is 2. The van der Waals surface area contributed by atoms with Crippen LogP contribution in [0, 0.1) is 0 Å². The van der Waals surface area contributed by atoms with Gasteiger partial charge in [0.25, 0.3) is 5.91 Å². The molecule has 4 rings (SSSR count). The number of para-hydroxylation sites is 2. The van der Waals surface area contributed by atoms with Crippen molar-refractivity contribution in [1.29, 1.82) is 0 Å². The van der Waals surface area contributed by atoms with Gasteiger partial charge in [0, 0.05) is 23.8 Å². The molecule has 148 valence electrons. The average molecular weight is 388 g/mol. The van der Waals surface area contributed by atoms with Crippen molar-refractivity contribution in [2.75, 3.05) is 9.80 Å². The zero-order valence-electron chi connectivity index (χ0n) is 16.6. The van der Waals surface area contributed by atoms with Gasteiger partial charge in [-0.25, -0.2) is 0 Å². The average Bonchev–Trinajstić information content (AvgIpc) is 3.29. The van der Waals surface area contributed by atoms with Gasteiger partial charge in [-0.3, -0.25) is 9.59 Å². The van der Waals surface area contributed by atoms with Crippen LogP contribution in [0.15, 0.2) is 77.4 Å². The van der Waals surface area contributed by atoms with Crippen LogP contribution in [0.3, 0.4) is 0 Å². The van der Waals surface area contributed by atoms with Crippen LogP contribution in [-0.2, 0) is 4.79 Å². The first-order chi connectivity index (χ1) is 14.1. The molecule has 2 heterocycles. The molecule has 0 bridgehead atoms. The highest BCUT2D eigenvalue weighted by Gasteiger charge is 2.38. The highest BCUT2D eigenvalue weighted by molar-refractivity contribution is 6.06. The van der Waals surface area contributed by atoms with E-state index >= 15 is 0 Å². The summed E-state index contributed by atoms with van der Waals surface area (Å²) in [6, 6.07) is 20.7. The Hall–Kier alpha value is -3.34. The first kappa shape index (κ1) is 19.0. The maximum absolute atomic E-state index is 13.1. The third kappa shape index (κ3) is 3.44. The van der Waals surface area contributed by atoms with E-state index < -0.39 is 0 Å². The molecule has 1 aliphatic heterocycles. The predicted octanol–water partition coefficient (Wildman–Crippen LogP) is 5.20. The second kappa shape index (κ2) is 7.95. The van der Waals surface area contributed by atoms with Gasteiger partial charge in [0.15, 0.2) is 5.76 Å². The first-order valence-corrected chi connectivity index (χ1v) is 9.95. The zero-order valence-corrected chi connectivity index (χ0v) is 16.6. The second-order valence-electron chi connectivity index (χ2n) is 7.26. The minimum Gasteiger partial charge on any atom is -0.459 e. The molecule has 2 atom stereocenters. The van der Waals surface area contributed by atoms with Gasteiger partial charge in [0.1, 0.15) is 0 Å². The fraction of sp³-hybridized carbons (Fsp3) is 0.250. The van der Waals surface area contributed by atoms with E-state index in [2.05, 4.69) is 0 Å². The molecular weight excluding hydrogens is 364 g/mol. The first-order valence-electron chi connectivity index (χ1n) is 9.95. The van der Waals surface area contributed by atoms with Crippen molar-refractivity contribution in [3.8, 4) is 0 Å². The Balaban J connectivity index is 1.80. The molecular formula is C24H24N2O3. The van der Waals surface area contributed by atoms with E-state index in [9.17, 15) is 9.59 Å². The number of hydrogen-bond acceptors (Lipinski definition) is 3. The van der Waals surface area contributed by atoms with Crippen molar-refractivity contribution in [3.63, 3.8) is 0 Å². The molecule has 3 aromatic rings. The molecule has 2 aromatic carbocycles. The molecule has 0 radical (unpaired) electrons. The summed E-state index contributed by atoms with van der Waals surface area (Å²) >= 11 is 0. The number of furan rings is 1. The number of amides is 2. The monoisotopic (exact) mass is 388 g/mol. The van der Waals surface area contributed by atoms with E-state index in [1.807, 2.05) is 73.3 Å². The predicted molar refractivity (Wildman–Crippen MR) is 113 cm³/mol. The molecule has 0 unspecified atom stereocenters. The van der Waals surface area contributed by atoms with Crippen molar-refractivity contribution < 1.29 is 14.0 Å². The minimum absolute atomic E-state index is 0.0639. The molecule has 0 saturated carbocycles. The van der Waals surface area contributed by atoms with Crippen LogP contribution < -0.4 is 9.80 Å². The second-order valence-corrected chi connectivity index (χ2v) is 7.26. The van der Waals surface area contributed by atoms with Crippen LogP contribution in [-0.4, -0.2) is 17.9 Å². The fourth-order valence-electron chi connectivity index (χ4n) is 4.11. The number of fused-ring (bicyclic) bond motifs is 1. The van der Waals surface area contributed by atoms with Crippen LogP contribution in [0.1, 0.15) is 48.8 Å². The van der Waals surface area contributed by atoms with Gasteiger partial charge in [0.05, 0.1) is 12.3 Å². The summed E-state index contributed by atoms with van der Waals surface area (Å²) in [6.45, 7) is 3.90. The summed E-state index contributed by atoms with van der Waals surface area (Å²) in [5.74, 6) is 0.213. The number of carbonyl (C=O) groups is 2. The maximum Gasteiger partial charge on any atom is 0.294 e. The molecule has 0 fully saturated rings. The quantitative estimate of drug-likeness (QED) is 0.617. The van der Waals surface area contributed by atoms with E-state index in [0.717, 1.165) is 16.9 Å². The van der Waals surface area contributed by atoms with Crippen molar-refractivity contribution in [3.05, 3.63) is 84.3 Å². The Morgan fingerprint density at radius 2 is 1.76 bits per heavy atom. The zero-order chi connectivity index (χ0) is 20.4. The lowest BCUT2D eigenvalue weighted by Crippen LogP contribution is -2.47. The van der Waals surface area contributed by atoms with E-state index in [4.69, 9.17) is 4.42 Å². The van der Waals surface area contributed by atoms with E-state index in [1.165, 1.54) is 6.26 Å². The molecule has 0 aliphatic carbocycles. The molecule has 29 heavy (non-hydrogen) atoms. The summed E-state index contributed by atoms with van der Waals surface area (Å²) in [6.07, 6.45) is 2.56. The van der Waals surface area contributed by atoms with Crippen molar-refractivity contribution in [1.82, 2.24) is 0 Å². The van der Waals surface area contributed by atoms with Crippen LogP contribution in [0.5, 0.6) is 0 Å². The van der Waals surface area contributed by atoms with Crippen molar-refractivity contribution in [2.45, 2.75) is 38.8 Å². The van der Waals surface area contributed by atoms with Gasteiger partial charge < -0.3 is 14.2 Å². The number of rotatable bonds is 4. The van der Waals surface area contributed by atoms with Gasteiger partial charge in [0.2, 0.25) is 5.91 Å². The molecule has 0 spiro atoms. The lowest BCUT2D eigenvalue weighted by Gasteiger charge is -2.43. The van der Waals surface area contributed by atoms with Crippen LogP contribution in [0.2, 0.25) is 0 Å². The van der Waals surface area contributed by atoms with Gasteiger partial charge in [-0.15, -0.1) is 0 Å². The van der Waals surface area contributed by atoms with Crippen LogP contribution in [0.25, 0.3) is 0 Å². The molecule has 5 nitrogen and oxygen atoms in total. The molecule has 2 amide bonds. The molecule has 0 saturated heterocycles. The summed E-state index contributed by atoms with van der Waals surface area (Å²) in [7, 11) is 0. The fourth-order valence-corrected chi connectivity index (χ4v) is 4.11. The molecule has 5 heteroatoms. The number of anilines is 2. The highest BCUT2D eigenvalue weighted by atomic mass is 16.3. The number of carbonyl (C=O) groups excluding carboxylic acids is 2. The van der Waals surface area contributed by atoms with E-state index in [0.29, 0.717) is 18.6 Å². The third-order valence-electron chi connectivity index (χ3n) is 5.43. The third-order valence-corrected chi connectivity index (χ3v) is 5.43. The van der Waals surface area contributed by atoms with Crippen molar-refractivity contribution in [2.24, 2.45) is 0 Å². The van der Waals surface area contributed by atoms with E-state index in [-0.39, 0.29) is 23.9 Å². The molecule has 0 N–H and O–H groups in total. The van der Waals surface area contributed by atoms with Crippen LogP contribution in [0.4, 0.5) is 11.4 Å². The van der Waals surface area contributed by atoms with Crippen molar-refractivity contribution >= 4 is 23.2 Å². The topological polar surface area (TPSA) is 53.8 Å². The van der Waals surface area contributed by atoms with Crippen LogP contribution >= 0.6 is 0 Å². The summed E-state index contributed by atoms with van der Waals surface area (Å²) < 4.78 is 5.36. The largest absolute Gasteiger partial charge is 0.459 e. The SMILES string of the molecule is CCC(=O)N(c1ccccc1)[C@H]1C[C@H](C)N(C(=O)c2ccco2)c2ccccc21. The Labute approximate surface area is 170 Å². The van der Waals surface area contributed by atoms with Gasteiger partial charge >= 0.3 is 0 Å². The summed E-state index contributed by atoms with van der Waals surface area (Å²) in [4.78, 5) is 29.7. The van der Waals surface area contributed by atoms with Gasteiger partial charge in [-0.2, -0.15) is 0 Å². The Morgan fingerprint density at radius 3 is 2.45 bits per heavy atom. The smallest absolute Gasteiger partial charge is 0.294 e. The summed E-state index contributed by atoms with van der Waals surface area (Å²) in [5.41, 5.74) is 2.66. The number of hydrogen-bond donors (Lipinski definition) is 0. The Morgan fingerprint density at radius 1 is 1.03 bits per heavy atom. The highest BCUT2D eigenvalue weighted by Crippen LogP contribution is 2.42. The molecule has 1 aliphatic rings. The Bertz CT molecular complexity index is 998. The molecule has 1 aromatic heterocycles. The normalized spacial score (nSPS) is 18.2. The summed E-state index contributed by atoms with van der Waals surface area (Å²) in [5, 5.41) is 0. The lowest BCUT2D eigenvalue weighted by molar-refractivity contribution is -0.118. The standard InChI is InChI=1S/C24H24N2O3/c1-3-23(27)26(18-10-5-4-6-11-18)21-16-17(2)25(20-13-8-7-12-19(20)21)24(28)22-14-9-15-29-22/h4-15,17,21H,3,16H2,1-2H3/t17-,21-/m0/s1.